The normalized spacial score (nSPS) is 47.3. The van der Waals surface area contributed by atoms with Crippen molar-refractivity contribution in [1.29, 1.82) is 0 Å². The van der Waals surface area contributed by atoms with E-state index in [9.17, 15) is 15.0 Å². The second-order valence-corrected chi connectivity index (χ2v) is 13.4. The summed E-state index contributed by atoms with van der Waals surface area (Å²) >= 11 is 0. The molecule has 4 heteroatoms. The van der Waals surface area contributed by atoms with E-state index >= 15 is 0 Å². The first-order chi connectivity index (χ1) is 15.8. The maximum atomic E-state index is 11.2. The van der Waals surface area contributed by atoms with Gasteiger partial charge in [-0.1, -0.05) is 52.3 Å². The van der Waals surface area contributed by atoms with E-state index in [2.05, 4.69) is 40.7 Å². The smallest absolute Gasteiger partial charge is 0.330 e. The fourth-order valence-corrected chi connectivity index (χ4v) is 9.56. The van der Waals surface area contributed by atoms with Gasteiger partial charge in [0, 0.05) is 11.0 Å². The minimum atomic E-state index is -0.808. The van der Waals surface area contributed by atoms with Gasteiger partial charge in [0.25, 0.3) is 0 Å². The topological polar surface area (TPSA) is 77.8 Å². The van der Waals surface area contributed by atoms with Crippen LogP contribution < -0.4 is 0 Å². The van der Waals surface area contributed by atoms with Crippen LogP contribution in [-0.2, 0) is 4.79 Å². The molecule has 9 atom stereocenters. The average Bonchev–Trinajstić information content (AvgIpc) is 3.07. The Hall–Kier alpha value is -1.13. The van der Waals surface area contributed by atoms with Gasteiger partial charge in [-0.05, 0) is 105 Å². The molecule has 34 heavy (non-hydrogen) atoms. The first-order valence-corrected chi connectivity index (χ1v) is 13.7. The summed E-state index contributed by atoms with van der Waals surface area (Å²) in [4.78, 5) is 11.2. The molecule has 0 unspecified atom stereocenters. The molecule has 0 aromatic rings. The molecule has 4 nitrogen and oxygen atoms in total. The Bertz CT molecular complexity index is 875. The first kappa shape index (κ1) is 25.9. The highest BCUT2D eigenvalue weighted by atomic mass is 16.4. The summed E-state index contributed by atoms with van der Waals surface area (Å²) in [6, 6.07) is 0. The molecule has 0 radical (unpaired) electrons. The van der Waals surface area contributed by atoms with Crippen LogP contribution in [-0.4, -0.2) is 34.0 Å². The van der Waals surface area contributed by atoms with Gasteiger partial charge in [-0.25, -0.2) is 4.79 Å². The van der Waals surface area contributed by atoms with E-state index in [1.807, 2.05) is 6.08 Å². The summed E-state index contributed by atoms with van der Waals surface area (Å²) in [5.41, 5.74) is 2.13. The van der Waals surface area contributed by atoms with Crippen molar-refractivity contribution in [1.82, 2.24) is 0 Å². The van der Waals surface area contributed by atoms with Crippen LogP contribution in [0.15, 0.2) is 23.3 Å². The van der Waals surface area contributed by atoms with Crippen LogP contribution in [0.25, 0.3) is 0 Å². The lowest BCUT2D eigenvalue weighted by Gasteiger charge is -2.66. The zero-order valence-electron chi connectivity index (χ0n) is 22.4. The predicted molar refractivity (Wildman–Crippen MR) is 136 cm³/mol. The number of carboxylic acids is 1. The summed E-state index contributed by atoms with van der Waals surface area (Å²) in [5.74, 6) is 1.57. The molecule has 0 aromatic heterocycles. The van der Waals surface area contributed by atoms with Crippen molar-refractivity contribution in [3.8, 4) is 0 Å². The average molecular weight is 473 g/mol. The van der Waals surface area contributed by atoms with Crippen molar-refractivity contribution in [2.45, 2.75) is 105 Å². The van der Waals surface area contributed by atoms with Crippen molar-refractivity contribution in [2.75, 3.05) is 6.61 Å². The maximum Gasteiger partial charge on any atom is 0.330 e. The molecule has 0 aliphatic heterocycles. The summed E-state index contributed by atoms with van der Waals surface area (Å²) in [7, 11) is 0. The Morgan fingerprint density at radius 3 is 2.47 bits per heavy atom. The SMILES string of the molecule is C/C(=C\CC[C@H](C)[C@H]1CC[C@@]2(C)[C@@H]3CC=C4[C@@H](CC[C@@H](O)[C@]4(C)CO)[C@]3(C)CC[C@]12C)C(=O)O. The molecular weight excluding hydrogens is 424 g/mol. The van der Waals surface area contributed by atoms with Crippen LogP contribution in [0.1, 0.15) is 99.3 Å². The third kappa shape index (κ3) is 3.57. The Morgan fingerprint density at radius 1 is 1.12 bits per heavy atom. The molecular formula is C30H48O4. The highest BCUT2D eigenvalue weighted by molar-refractivity contribution is 5.85. The molecule has 4 rings (SSSR count). The van der Waals surface area contributed by atoms with Gasteiger partial charge in [0.1, 0.15) is 0 Å². The molecule has 0 saturated heterocycles. The van der Waals surface area contributed by atoms with Crippen molar-refractivity contribution in [2.24, 2.45) is 45.3 Å². The van der Waals surface area contributed by atoms with Crippen LogP contribution >= 0.6 is 0 Å². The number of carbonyl (C=O) groups is 1. The molecule has 3 N–H and O–H groups in total. The minimum Gasteiger partial charge on any atom is -0.478 e. The molecule has 0 amide bonds. The Kier molecular flexibility index (Phi) is 6.69. The second kappa shape index (κ2) is 8.76. The van der Waals surface area contributed by atoms with E-state index in [1.54, 1.807) is 6.92 Å². The zero-order valence-corrected chi connectivity index (χ0v) is 22.4. The van der Waals surface area contributed by atoms with E-state index in [4.69, 9.17) is 5.11 Å². The Morgan fingerprint density at radius 2 is 1.82 bits per heavy atom. The third-order valence-electron chi connectivity index (χ3n) is 12.1. The van der Waals surface area contributed by atoms with Crippen molar-refractivity contribution >= 4 is 5.97 Å². The lowest BCUT2D eigenvalue weighted by molar-refractivity contribution is -0.148. The van der Waals surface area contributed by atoms with Gasteiger partial charge in [-0.15, -0.1) is 0 Å². The van der Waals surface area contributed by atoms with Gasteiger partial charge in [0.15, 0.2) is 0 Å². The monoisotopic (exact) mass is 472 g/mol. The lowest BCUT2D eigenvalue weighted by atomic mass is 9.39. The van der Waals surface area contributed by atoms with Gasteiger partial charge in [0.05, 0.1) is 12.7 Å². The number of carboxylic acid groups (broad SMARTS) is 1. The van der Waals surface area contributed by atoms with Gasteiger partial charge in [-0.2, -0.15) is 0 Å². The van der Waals surface area contributed by atoms with E-state index in [1.165, 1.54) is 31.3 Å². The van der Waals surface area contributed by atoms with Crippen molar-refractivity contribution < 1.29 is 20.1 Å². The van der Waals surface area contributed by atoms with Crippen LogP contribution in [0.2, 0.25) is 0 Å². The van der Waals surface area contributed by atoms with Gasteiger partial charge in [-0.3, -0.25) is 0 Å². The van der Waals surface area contributed by atoms with Crippen LogP contribution in [0.5, 0.6) is 0 Å². The summed E-state index contributed by atoms with van der Waals surface area (Å²) in [5, 5.41) is 30.2. The zero-order chi connectivity index (χ0) is 25.1. The number of hydrogen-bond donors (Lipinski definition) is 3. The molecule has 0 heterocycles. The number of allylic oxidation sites excluding steroid dienone is 2. The number of aliphatic hydroxyl groups is 2. The van der Waals surface area contributed by atoms with Crippen molar-refractivity contribution in [3.63, 3.8) is 0 Å². The van der Waals surface area contributed by atoms with Crippen LogP contribution in [0.4, 0.5) is 0 Å². The number of aliphatic hydroxyl groups excluding tert-OH is 2. The van der Waals surface area contributed by atoms with Crippen molar-refractivity contribution in [3.05, 3.63) is 23.3 Å². The molecule has 0 aromatic carbocycles. The quantitative estimate of drug-likeness (QED) is 0.310. The number of hydrogen-bond acceptors (Lipinski definition) is 3. The molecule has 0 bridgehead atoms. The molecule has 4 aliphatic rings. The summed E-state index contributed by atoms with van der Waals surface area (Å²) < 4.78 is 0. The van der Waals surface area contributed by atoms with Crippen LogP contribution in [0.3, 0.4) is 0 Å². The number of rotatable bonds is 6. The Balaban J connectivity index is 1.59. The molecule has 3 fully saturated rings. The number of fused-ring (bicyclic) bond motifs is 5. The van der Waals surface area contributed by atoms with E-state index in [0.29, 0.717) is 40.1 Å². The Labute approximate surface area is 206 Å². The molecule has 192 valence electrons. The fraction of sp³-hybridized carbons (Fsp3) is 0.833. The fourth-order valence-electron chi connectivity index (χ4n) is 9.56. The molecule has 4 aliphatic carbocycles. The molecule has 3 saturated carbocycles. The predicted octanol–water partition coefficient (Wildman–Crippen LogP) is 6.37. The van der Waals surface area contributed by atoms with Crippen LogP contribution in [0, 0.1) is 45.3 Å². The van der Waals surface area contributed by atoms with E-state index < -0.39 is 17.5 Å². The van der Waals surface area contributed by atoms with Gasteiger partial charge < -0.3 is 15.3 Å². The summed E-state index contributed by atoms with van der Waals surface area (Å²) in [6.07, 6.45) is 13.7. The van der Waals surface area contributed by atoms with Gasteiger partial charge >= 0.3 is 5.97 Å². The highest BCUT2D eigenvalue weighted by Gasteiger charge is 2.67. The first-order valence-electron chi connectivity index (χ1n) is 13.7. The standard InChI is InChI=1S/C30H48O4/c1-19(8-7-9-20(2)26(33)34)21-14-15-30(6)24-12-10-23-22(11-13-25(32)28(23,4)18-31)27(24,3)16-17-29(21,30)5/h9-10,19,21-22,24-25,31-32H,7-8,11-18H2,1-6H3,(H,33,34)/b20-9+/t19-,21+,22+,24+,25+,27-,28+,29+,30-/m0/s1. The van der Waals surface area contributed by atoms with E-state index in [-0.39, 0.29) is 12.0 Å². The highest BCUT2D eigenvalue weighted by Crippen LogP contribution is 2.74. The number of aliphatic carboxylic acids is 1. The van der Waals surface area contributed by atoms with Gasteiger partial charge in [0.2, 0.25) is 0 Å². The molecule has 0 spiro atoms. The third-order valence-corrected chi connectivity index (χ3v) is 12.1. The largest absolute Gasteiger partial charge is 0.478 e. The summed E-state index contributed by atoms with van der Waals surface area (Å²) in [6.45, 7) is 13.9. The lowest BCUT2D eigenvalue weighted by Crippen LogP contribution is -2.59. The minimum absolute atomic E-state index is 0.0294. The maximum absolute atomic E-state index is 11.2. The van der Waals surface area contributed by atoms with E-state index in [0.717, 1.165) is 32.1 Å². The second-order valence-electron chi connectivity index (χ2n) is 13.4.